The summed E-state index contributed by atoms with van der Waals surface area (Å²) in [5.41, 5.74) is 5.59. The number of amides is 2. The zero-order valence-corrected chi connectivity index (χ0v) is 19.3. The molecule has 5 rings (SSSR count). The van der Waals surface area contributed by atoms with Crippen LogP contribution in [-0.4, -0.2) is 33.4 Å². The van der Waals surface area contributed by atoms with Gasteiger partial charge >= 0.3 is 0 Å². The largest absolute Gasteiger partial charge is 0.309 e. The topological polar surface area (TPSA) is 54.3 Å². The van der Waals surface area contributed by atoms with E-state index in [2.05, 4.69) is 9.88 Å². The Hall–Kier alpha value is -4.29. The third-order valence-corrected chi connectivity index (χ3v) is 6.14. The predicted octanol–water partition coefficient (Wildman–Crippen LogP) is 5.07. The number of nitrogens with zero attached hydrogens (tertiary/aromatic N) is 2. The molecule has 34 heavy (non-hydrogen) atoms. The first-order chi connectivity index (χ1) is 16.5. The number of para-hydroxylation sites is 1. The Balaban J connectivity index is 1.82. The van der Waals surface area contributed by atoms with E-state index in [1.54, 1.807) is 13.1 Å². The van der Waals surface area contributed by atoms with Crippen molar-refractivity contribution in [1.29, 1.82) is 0 Å². The van der Waals surface area contributed by atoms with Gasteiger partial charge in [-0.1, -0.05) is 78.9 Å². The zero-order valence-electron chi connectivity index (χ0n) is 18.4. The van der Waals surface area contributed by atoms with Gasteiger partial charge in [0.25, 0.3) is 11.8 Å². The van der Waals surface area contributed by atoms with Crippen LogP contribution in [0.15, 0.2) is 103 Å². The minimum absolute atomic E-state index is 0.0399. The summed E-state index contributed by atoms with van der Waals surface area (Å²) in [4.78, 5) is 26.9. The molecule has 166 valence electrons. The standard InChI is InChI=1S/C28H21N3O2S/c1-30-27(33)23(26(32)29-28(30)34)17-21-18-24(19-11-5-2-6-12-19)31(22-15-9-4-10-16-22)25(21)20-13-7-3-8-14-20/h2-18H,1H3,(H,29,32,34). The monoisotopic (exact) mass is 463 g/mol. The molecule has 6 heteroatoms. The Morgan fingerprint density at radius 2 is 1.35 bits per heavy atom. The Bertz CT molecular complexity index is 1420. The highest BCUT2D eigenvalue weighted by atomic mass is 32.1. The van der Waals surface area contributed by atoms with Gasteiger partial charge in [0, 0.05) is 18.3 Å². The van der Waals surface area contributed by atoms with Gasteiger partial charge in [0.15, 0.2) is 5.11 Å². The molecule has 0 radical (unpaired) electrons. The van der Waals surface area contributed by atoms with E-state index in [4.69, 9.17) is 12.2 Å². The predicted molar refractivity (Wildman–Crippen MR) is 138 cm³/mol. The minimum Gasteiger partial charge on any atom is -0.309 e. The van der Waals surface area contributed by atoms with Gasteiger partial charge < -0.3 is 4.57 Å². The highest BCUT2D eigenvalue weighted by molar-refractivity contribution is 7.80. The molecular weight excluding hydrogens is 442 g/mol. The Morgan fingerprint density at radius 1 is 0.794 bits per heavy atom. The molecule has 0 bridgehead atoms. The second-order valence-electron chi connectivity index (χ2n) is 7.92. The third-order valence-electron chi connectivity index (χ3n) is 5.77. The summed E-state index contributed by atoms with van der Waals surface area (Å²) >= 11 is 5.10. The molecule has 2 amide bonds. The first-order valence-corrected chi connectivity index (χ1v) is 11.2. The lowest BCUT2D eigenvalue weighted by molar-refractivity contribution is -0.128. The van der Waals surface area contributed by atoms with Crippen LogP contribution in [0, 0.1) is 0 Å². The minimum atomic E-state index is -0.499. The summed E-state index contributed by atoms with van der Waals surface area (Å²) in [6.45, 7) is 0. The van der Waals surface area contributed by atoms with Crippen molar-refractivity contribution in [3.05, 3.63) is 108 Å². The van der Waals surface area contributed by atoms with Crippen LogP contribution in [0.25, 0.3) is 34.3 Å². The number of carbonyl (C=O) groups excluding carboxylic acids is 2. The van der Waals surface area contributed by atoms with Crippen molar-refractivity contribution in [2.45, 2.75) is 0 Å². The van der Waals surface area contributed by atoms with Crippen molar-refractivity contribution in [3.8, 4) is 28.2 Å². The fraction of sp³-hybridized carbons (Fsp3) is 0.0357. The molecular formula is C28H21N3O2S. The SMILES string of the molecule is CN1C(=O)C(=Cc2cc(-c3ccccc3)n(-c3ccccc3)c2-c2ccccc2)C(=O)NC1=S. The second kappa shape index (κ2) is 8.92. The Kier molecular flexibility index (Phi) is 5.65. The molecule has 0 spiro atoms. The fourth-order valence-corrected chi connectivity index (χ4v) is 4.27. The molecule has 1 saturated heterocycles. The molecule has 1 aliphatic heterocycles. The van der Waals surface area contributed by atoms with Crippen LogP contribution in [0.5, 0.6) is 0 Å². The second-order valence-corrected chi connectivity index (χ2v) is 8.30. The fourth-order valence-electron chi connectivity index (χ4n) is 4.10. The number of likely N-dealkylation sites (N-methyl/N-ethyl adjacent to an activating group) is 1. The number of thiocarbonyl (C=S) groups is 1. The van der Waals surface area contributed by atoms with E-state index < -0.39 is 11.8 Å². The average molecular weight is 464 g/mol. The van der Waals surface area contributed by atoms with Crippen LogP contribution >= 0.6 is 12.2 Å². The summed E-state index contributed by atoms with van der Waals surface area (Å²) in [6, 6.07) is 32.1. The van der Waals surface area contributed by atoms with E-state index in [0.29, 0.717) is 0 Å². The lowest BCUT2D eigenvalue weighted by Crippen LogP contribution is -2.52. The third kappa shape index (κ3) is 3.84. The molecule has 4 aromatic rings. The molecule has 5 nitrogen and oxygen atoms in total. The summed E-state index contributed by atoms with van der Waals surface area (Å²) in [6.07, 6.45) is 1.66. The number of hydrogen-bond acceptors (Lipinski definition) is 3. The number of benzene rings is 3. The van der Waals surface area contributed by atoms with Crippen LogP contribution in [0.2, 0.25) is 0 Å². The molecule has 1 aromatic heterocycles. The number of carbonyl (C=O) groups is 2. The smallest absolute Gasteiger partial charge is 0.265 e. The van der Waals surface area contributed by atoms with E-state index in [1.165, 1.54) is 4.90 Å². The lowest BCUT2D eigenvalue weighted by Gasteiger charge is -2.25. The van der Waals surface area contributed by atoms with E-state index in [1.807, 2.05) is 97.1 Å². The average Bonchev–Trinajstić information content (AvgIpc) is 3.26. The number of nitrogens with one attached hydrogen (secondary N) is 1. The normalized spacial score (nSPS) is 15.0. The van der Waals surface area contributed by atoms with Gasteiger partial charge in [0.2, 0.25) is 0 Å². The lowest BCUT2D eigenvalue weighted by atomic mass is 10.0. The van der Waals surface area contributed by atoms with Crippen molar-refractivity contribution in [3.63, 3.8) is 0 Å². The Labute approximate surface area is 203 Å². The molecule has 0 atom stereocenters. The molecule has 1 aliphatic rings. The summed E-state index contributed by atoms with van der Waals surface area (Å²) in [5, 5.41) is 2.70. The maximum absolute atomic E-state index is 12.9. The molecule has 0 unspecified atom stereocenters. The van der Waals surface area contributed by atoms with Gasteiger partial charge in [0.1, 0.15) is 5.57 Å². The van der Waals surface area contributed by atoms with Crippen molar-refractivity contribution in [2.75, 3.05) is 7.05 Å². The summed E-state index contributed by atoms with van der Waals surface area (Å²) in [7, 11) is 1.56. The van der Waals surface area contributed by atoms with Crippen molar-refractivity contribution >= 4 is 35.2 Å². The number of aromatic nitrogens is 1. The van der Waals surface area contributed by atoms with Crippen LogP contribution in [-0.2, 0) is 9.59 Å². The van der Waals surface area contributed by atoms with Crippen LogP contribution in [0.4, 0.5) is 0 Å². The number of hydrogen-bond donors (Lipinski definition) is 1. The quantitative estimate of drug-likeness (QED) is 0.261. The molecule has 1 fully saturated rings. The van der Waals surface area contributed by atoms with Gasteiger partial charge in [-0.2, -0.15) is 0 Å². The van der Waals surface area contributed by atoms with Gasteiger partial charge in [-0.3, -0.25) is 19.8 Å². The maximum atomic E-state index is 12.9. The highest BCUT2D eigenvalue weighted by Gasteiger charge is 2.31. The van der Waals surface area contributed by atoms with Gasteiger partial charge in [0.05, 0.1) is 11.4 Å². The van der Waals surface area contributed by atoms with Crippen molar-refractivity contribution in [2.24, 2.45) is 0 Å². The zero-order chi connectivity index (χ0) is 23.7. The van der Waals surface area contributed by atoms with Gasteiger partial charge in [-0.05, 0) is 47.6 Å². The van der Waals surface area contributed by atoms with Crippen LogP contribution in [0.1, 0.15) is 5.56 Å². The highest BCUT2D eigenvalue weighted by Crippen LogP contribution is 2.37. The maximum Gasteiger partial charge on any atom is 0.265 e. The van der Waals surface area contributed by atoms with Gasteiger partial charge in [-0.15, -0.1) is 0 Å². The van der Waals surface area contributed by atoms with E-state index in [9.17, 15) is 9.59 Å². The first-order valence-electron chi connectivity index (χ1n) is 10.8. The number of rotatable bonds is 4. The first kappa shape index (κ1) is 21.6. The Morgan fingerprint density at radius 3 is 1.97 bits per heavy atom. The molecule has 3 aromatic carbocycles. The van der Waals surface area contributed by atoms with Gasteiger partial charge in [-0.25, -0.2) is 0 Å². The molecule has 0 saturated carbocycles. The molecule has 2 heterocycles. The summed E-state index contributed by atoms with van der Waals surface area (Å²) in [5.74, 6) is -0.928. The van der Waals surface area contributed by atoms with E-state index >= 15 is 0 Å². The van der Waals surface area contributed by atoms with Crippen LogP contribution in [0.3, 0.4) is 0 Å². The van der Waals surface area contributed by atoms with E-state index in [-0.39, 0.29) is 10.7 Å². The van der Waals surface area contributed by atoms with Crippen molar-refractivity contribution < 1.29 is 9.59 Å². The molecule has 0 aliphatic carbocycles. The summed E-state index contributed by atoms with van der Waals surface area (Å²) < 4.78 is 2.16. The van der Waals surface area contributed by atoms with E-state index in [0.717, 1.165) is 33.8 Å². The van der Waals surface area contributed by atoms with Crippen LogP contribution < -0.4 is 5.32 Å². The molecule has 1 N–H and O–H groups in total. The van der Waals surface area contributed by atoms with Crippen molar-refractivity contribution in [1.82, 2.24) is 14.8 Å².